The third-order valence-corrected chi connectivity index (χ3v) is 0.236. The summed E-state index contributed by atoms with van der Waals surface area (Å²) >= 11 is 0. The van der Waals surface area contributed by atoms with Crippen molar-refractivity contribution in [2.24, 2.45) is 0 Å². The Hall–Kier alpha value is -1.06. The van der Waals surface area contributed by atoms with Crippen LogP contribution < -0.4 is 0 Å². The van der Waals surface area contributed by atoms with Crippen LogP contribution >= 0.6 is 0 Å². The van der Waals surface area contributed by atoms with Crippen molar-refractivity contribution in [2.75, 3.05) is 14.2 Å². The van der Waals surface area contributed by atoms with Crippen molar-refractivity contribution in [3.05, 3.63) is 0 Å². The SMILES string of the molecule is COC=N.COC=N. The van der Waals surface area contributed by atoms with Crippen molar-refractivity contribution in [3.63, 3.8) is 0 Å². The van der Waals surface area contributed by atoms with E-state index in [1.165, 1.54) is 14.2 Å². The molecule has 0 amide bonds. The molecule has 0 atom stereocenters. The van der Waals surface area contributed by atoms with E-state index >= 15 is 0 Å². The van der Waals surface area contributed by atoms with Crippen LogP contribution in [0.25, 0.3) is 0 Å². The van der Waals surface area contributed by atoms with E-state index in [0.717, 1.165) is 12.8 Å². The van der Waals surface area contributed by atoms with Gasteiger partial charge in [0.1, 0.15) is 0 Å². The molecule has 0 aliphatic heterocycles. The quantitative estimate of drug-likeness (QED) is 0.409. The van der Waals surface area contributed by atoms with Crippen LogP contribution in [0.5, 0.6) is 0 Å². The van der Waals surface area contributed by atoms with Gasteiger partial charge in [0, 0.05) is 0 Å². The van der Waals surface area contributed by atoms with Gasteiger partial charge in [-0.1, -0.05) is 0 Å². The summed E-state index contributed by atoms with van der Waals surface area (Å²) in [6.07, 6.45) is 1.75. The Morgan fingerprint density at radius 2 is 1.12 bits per heavy atom. The minimum absolute atomic E-state index is 0.875. The smallest absolute Gasteiger partial charge is 0.166 e. The van der Waals surface area contributed by atoms with Crippen LogP contribution in [0.15, 0.2) is 0 Å². The van der Waals surface area contributed by atoms with Crippen molar-refractivity contribution in [1.29, 1.82) is 10.8 Å². The van der Waals surface area contributed by atoms with Crippen LogP contribution in [0.3, 0.4) is 0 Å². The number of rotatable bonds is 2. The molecule has 0 bridgehead atoms. The summed E-state index contributed by atoms with van der Waals surface area (Å²) in [7, 11) is 2.88. The summed E-state index contributed by atoms with van der Waals surface area (Å²) in [5.74, 6) is 0. The fourth-order valence-corrected chi connectivity index (χ4v) is 0. The molecular weight excluding hydrogens is 108 g/mol. The standard InChI is InChI=1S/2C2H5NO/c2*1-4-2-3/h2*2-3H,1H3. The normalized spacial score (nSPS) is 5.25. The second-order valence-electron chi connectivity index (χ2n) is 0.707. The lowest BCUT2D eigenvalue weighted by atomic mass is 11.5. The number of hydrogen-bond acceptors (Lipinski definition) is 4. The molecule has 0 aromatic carbocycles. The van der Waals surface area contributed by atoms with E-state index in [2.05, 4.69) is 9.47 Å². The third-order valence-electron chi connectivity index (χ3n) is 0.236. The van der Waals surface area contributed by atoms with Gasteiger partial charge in [-0.3, -0.25) is 10.8 Å². The van der Waals surface area contributed by atoms with Gasteiger partial charge < -0.3 is 9.47 Å². The summed E-state index contributed by atoms with van der Waals surface area (Å²) in [6.45, 7) is 0. The molecule has 0 radical (unpaired) electrons. The average molecular weight is 118 g/mol. The van der Waals surface area contributed by atoms with Gasteiger partial charge in [0.15, 0.2) is 12.8 Å². The Kier molecular flexibility index (Phi) is 21.0. The molecule has 0 aromatic rings. The molecule has 48 valence electrons. The molecule has 4 heteroatoms. The number of methoxy groups -OCH3 is 2. The molecule has 0 unspecified atom stereocenters. The van der Waals surface area contributed by atoms with Gasteiger partial charge in [-0.2, -0.15) is 0 Å². The topological polar surface area (TPSA) is 66.2 Å². The van der Waals surface area contributed by atoms with Gasteiger partial charge in [0.25, 0.3) is 0 Å². The first-order valence-corrected chi connectivity index (χ1v) is 1.87. The first-order chi connectivity index (χ1) is 3.83. The van der Waals surface area contributed by atoms with Crippen LogP contribution in [-0.2, 0) is 9.47 Å². The molecule has 8 heavy (non-hydrogen) atoms. The summed E-state index contributed by atoms with van der Waals surface area (Å²) in [4.78, 5) is 0. The average Bonchev–Trinajstić information content (AvgIpc) is 1.88. The molecule has 0 aliphatic rings. The van der Waals surface area contributed by atoms with Crippen LogP contribution in [0.1, 0.15) is 0 Å². The van der Waals surface area contributed by atoms with Crippen molar-refractivity contribution >= 4 is 12.8 Å². The summed E-state index contributed by atoms with van der Waals surface area (Å²) in [5.41, 5.74) is 0. The zero-order valence-electron chi connectivity index (χ0n) is 4.97. The van der Waals surface area contributed by atoms with E-state index in [1.54, 1.807) is 0 Å². The zero-order chi connectivity index (χ0) is 6.83. The molecule has 0 aliphatic carbocycles. The number of ether oxygens (including phenoxy) is 2. The number of hydrogen-bond donors (Lipinski definition) is 2. The maximum absolute atomic E-state index is 6.10. The van der Waals surface area contributed by atoms with Crippen LogP contribution in [0.2, 0.25) is 0 Å². The lowest BCUT2D eigenvalue weighted by molar-refractivity contribution is 0.419. The second-order valence-corrected chi connectivity index (χ2v) is 0.707. The number of nitrogens with one attached hydrogen (secondary N) is 2. The van der Waals surface area contributed by atoms with E-state index in [0.29, 0.717) is 0 Å². The molecule has 0 saturated carbocycles. The van der Waals surface area contributed by atoms with Crippen molar-refractivity contribution in [3.8, 4) is 0 Å². The van der Waals surface area contributed by atoms with E-state index in [-0.39, 0.29) is 0 Å². The largest absolute Gasteiger partial charge is 0.487 e. The monoisotopic (exact) mass is 118 g/mol. The van der Waals surface area contributed by atoms with Gasteiger partial charge in [-0.15, -0.1) is 0 Å². The molecule has 4 nitrogen and oxygen atoms in total. The van der Waals surface area contributed by atoms with Gasteiger partial charge in [-0.25, -0.2) is 0 Å². The molecular formula is C4H10N2O2. The summed E-state index contributed by atoms with van der Waals surface area (Å²) in [6, 6.07) is 0. The fourth-order valence-electron chi connectivity index (χ4n) is 0. The fraction of sp³-hybridized carbons (Fsp3) is 0.500. The predicted octanol–water partition coefficient (Wildman–Crippen LogP) is 0.480. The van der Waals surface area contributed by atoms with Gasteiger partial charge in [0.2, 0.25) is 0 Å². The van der Waals surface area contributed by atoms with E-state index < -0.39 is 0 Å². The second kappa shape index (κ2) is 16.8. The molecule has 0 saturated heterocycles. The predicted molar refractivity (Wildman–Crippen MR) is 31.6 cm³/mol. The Balaban J connectivity index is 0. The molecule has 0 rings (SSSR count). The highest BCUT2D eigenvalue weighted by Crippen LogP contribution is 1.37. The summed E-state index contributed by atoms with van der Waals surface area (Å²) in [5, 5.41) is 12.2. The molecule has 0 spiro atoms. The molecule has 0 fully saturated rings. The van der Waals surface area contributed by atoms with E-state index in [9.17, 15) is 0 Å². The van der Waals surface area contributed by atoms with Gasteiger partial charge in [-0.05, 0) is 0 Å². The Morgan fingerprint density at radius 3 is 1.12 bits per heavy atom. The van der Waals surface area contributed by atoms with Crippen molar-refractivity contribution < 1.29 is 9.47 Å². The highest BCUT2D eigenvalue weighted by molar-refractivity contribution is 5.40. The van der Waals surface area contributed by atoms with Gasteiger partial charge >= 0.3 is 0 Å². The van der Waals surface area contributed by atoms with Crippen LogP contribution in [-0.4, -0.2) is 27.0 Å². The van der Waals surface area contributed by atoms with Crippen LogP contribution in [0.4, 0.5) is 0 Å². The van der Waals surface area contributed by atoms with Crippen LogP contribution in [0, 0.1) is 10.8 Å². The van der Waals surface area contributed by atoms with Gasteiger partial charge in [0.05, 0.1) is 14.2 Å². The Morgan fingerprint density at radius 1 is 1.00 bits per heavy atom. The highest BCUT2D eigenvalue weighted by atomic mass is 16.5. The van der Waals surface area contributed by atoms with Crippen molar-refractivity contribution in [2.45, 2.75) is 0 Å². The minimum Gasteiger partial charge on any atom is -0.487 e. The Bertz CT molecular complexity index is 48.0. The highest BCUT2D eigenvalue weighted by Gasteiger charge is 1.38. The first kappa shape index (κ1) is 10.0. The third kappa shape index (κ3) is 86.8. The molecule has 2 N–H and O–H groups in total. The first-order valence-electron chi connectivity index (χ1n) is 1.87. The molecule has 0 aromatic heterocycles. The Labute approximate surface area is 48.4 Å². The van der Waals surface area contributed by atoms with Crippen molar-refractivity contribution in [1.82, 2.24) is 0 Å². The zero-order valence-corrected chi connectivity index (χ0v) is 4.97. The minimum atomic E-state index is 0.875. The summed E-state index contributed by atoms with van der Waals surface area (Å²) < 4.78 is 8.17. The maximum Gasteiger partial charge on any atom is 0.166 e. The van der Waals surface area contributed by atoms with E-state index in [4.69, 9.17) is 10.8 Å². The molecule has 0 heterocycles. The van der Waals surface area contributed by atoms with E-state index in [1.807, 2.05) is 0 Å². The lowest BCUT2D eigenvalue weighted by Crippen LogP contribution is -1.66. The maximum atomic E-state index is 6.10. The lowest BCUT2D eigenvalue weighted by Gasteiger charge is -1.70.